The van der Waals surface area contributed by atoms with E-state index in [1.165, 1.54) is 9.80 Å². The van der Waals surface area contributed by atoms with Crippen LogP contribution in [0.15, 0.2) is 29.2 Å². The van der Waals surface area contributed by atoms with Crippen molar-refractivity contribution in [2.45, 2.75) is 17.9 Å². The van der Waals surface area contributed by atoms with Gasteiger partial charge in [-0.3, -0.25) is 0 Å². The van der Waals surface area contributed by atoms with Crippen molar-refractivity contribution in [2.75, 3.05) is 64.9 Å². The summed E-state index contributed by atoms with van der Waals surface area (Å²) in [6, 6.07) is 7.31. The van der Waals surface area contributed by atoms with Gasteiger partial charge in [0, 0.05) is 0 Å². The van der Waals surface area contributed by atoms with E-state index < -0.39 is 9.84 Å². The van der Waals surface area contributed by atoms with E-state index in [9.17, 15) is 8.42 Å². The molecule has 2 aliphatic heterocycles. The molecule has 25 heavy (non-hydrogen) atoms. The summed E-state index contributed by atoms with van der Waals surface area (Å²) in [7, 11) is -3.28. The number of ether oxygens (including phenoxy) is 2. The molecule has 1 aromatic carbocycles. The first-order chi connectivity index (χ1) is 12.0. The number of rotatable bonds is 6. The molecule has 2 N–H and O–H groups in total. The second-order valence-electron chi connectivity index (χ2n) is 7.13. The van der Waals surface area contributed by atoms with Gasteiger partial charge in [0.05, 0.1) is 31.3 Å². The zero-order chi connectivity index (χ0) is 17.7. The third kappa shape index (κ3) is 5.24. The van der Waals surface area contributed by atoms with Crippen molar-refractivity contribution in [3.63, 3.8) is 0 Å². The fourth-order valence-corrected chi connectivity index (χ4v) is 5.31. The van der Waals surface area contributed by atoms with Gasteiger partial charge in [-0.2, -0.15) is 0 Å². The molecule has 6 nitrogen and oxygen atoms in total. The Hall–Kier alpha value is -0.990. The number of aryl methyl sites for hydroxylation is 1. The molecule has 2 fully saturated rings. The Labute approximate surface area is 150 Å². The van der Waals surface area contributed by atoms with Crippen LogP contribution in [0.2, 0.25) is 0 Å². The molecule has 0 bridgehead atoms. The van der Waals surface area contributed by atoms with Gasteiger partial charge in [-0.05, 0) is 19.1 Å². The van der Waals surface area contributed by atoms with Gasteiger partial charge in [0.1, 0.15) is 38.5 Å². The molecule has 2 aliphatic rings. The molecule has 140 valence electrons. The molecule has 1 atom stereocenters. The lowest BCUT2D eigenvalue weighted by atomic mass is 10.2. The minimum Gasteiger partial charge on any atom is -0.370 e. The Morgan fingerprint density at radius 3 is 2.12 bits per heavy atom. The first kappa shape index (κ1) is 18.8. The number of hydrogen-bond acceptors (Lipinski definition) is 4. The van der Waals surface area contributed by atoms with Gasteiger partial charge in [-0.25, -0.2) is 8.42 Å². The number of sulfone groups is 1. The molecule has 2 heterocycles. The number of quaternary nitrogens is 2. The highest BCUT2D eigenvalue weighted by Gasteiger charge is 2.34. The third-order valence-corrected chi connectivity index (χ3v) is 7.08. The summed E-state index contributed by atoms with van der Waals surface area (Å²) in [5.41, 5.74) is 1.08. The molecule has 0 amide bonds. The van der Waals surface area contributed by atoms with E-state index >= 15 is 0 Å². The van der Waals surface area contributed by atoms with Crippen molar-refractivity contribution in [1.82, 2.24) is 0 Å². The van der Waals surface area contributed by atoms with Crippen molar-refractivity contribution in [3.05, 3.63) is 29.8 Å². The average molecular weight is 371 g/mol. The minimum atomic E-state index is -3.28. The van der Waals surface area contributed by atoms with E-state index in [2.05, 4.69) is 0 Å². The predicted molar refractivity (Wildman–Crippen MR) is 94.9 cm³/mol. The standard InChI is InChI=1S/C18H28N2O4S/c1-16-2-4-18(5-3-16)25(21,22)15-17(20-8-12-24-13-9-20)14-19-6-10-23-11-7-19/h2-5,17H,6-15H2,1H3/p+2/t17-/m1/s1. The van der Waals surface area contributed by atoms with E-state index in [0.717, 1.165) is 64.7 Å². The van der Waals surface area contributed by atoms with Crippen LogP contribution in [0.1, 0.15) is 5.56 Å². The number of benzene rings is 1. The van der Waals surface area contributed by atoms with E-state index in [1.807, 2.05) is 19.1 Å². The lowest BCUT2D eigenvalue weighted by molar-refractivity contribution is -0.981. The maximum absolute atomic E-state index is 13.0. The molecule has 2 saturated heterocycles. The quantitative estimate of drug-likeness (QED) is 0.606. The van der Waals surface area contributed by atoms with Crippen LogP contribution in [-0.2, 0) is 19.3 Å². The van der Waals surface area contributed by atoms with Crippen LogP contribution in [0.5, 0.6) is 0 Å². The first-order valence-corrected chi connectivity index (χ1v) is 10.8. The van der Waals surface area contributed by atoms with Gasteiger partial charge in [0.25, 0.3) is 0 Å². The van der Waals surface area contributed by atoms with Crippen molar-refractivity contribution >= 4 is 9.84 Å². The second kappa shape index (κ2) is 8.60. The highest BCUT2D eigenvalue weighted by Crippen LogP contribution is 2.12. The first-order valence-electron chi connectivity index (χ1n) is 9.18. The van der Waals surface area contributed by atoms with Crippen LogP contribution in [0.25, 0.3) is 0 Å². The fraction of sp³-hybridized carbons (Fsp3) is 0.667. The summed E-state index contributed by atoms with van der Waals surface area (Å²) < 4.78 is 36.8. The fourth-order valence-electron chi connectivity index (χ4n) is 3.68. The molecule has 0 unspecified atom stereocenters. The van der Waals surface area contributed by atoms with Crippen molar-refractivity contribution in [1.29, 1.82) is 0 Å². The molecule has 7 heteroatoms. The highest BCUT2D eigenvalue weighted by atomic mass is 32.2. The van der Waals surface area contributed by atoms with Gasteiger partial charge in [0.15, 0.2) is 15.9 Å². The summed E-state index contributed by atoms with van der Waals surface area (Å²) in [4.78, 5) is 3.25. The zero-order valence-corrected chi connectivity index (χ0v) is 15.8. The van der Waals surface area contributed by atoms with Crippen LogP contribution in [0, 0.1) is 6.92 Å². The normalized spacial score (nSPS) is 22.0. The summed E-state index contributed by atoms with van der Waals surface area (Å²) >= 11 is 0. The van der Waals surface area contributed by atoms with Crippen LogP contribution >= 0.6 is 0 Å². The highest BCUT2D eigenvalue weighted by molar-refractivity contribution is 7.91. The molecule has 0 spiro atoms. The van der Waals surface area contributed by atoms with E-state index in [4.69, 9.17) is 9.47 Å². The Kier molecular flexibility index (Phi) is 6.46. The maximum Gasteiger partial charge on any atom is 0.184 e. The number of nitrogens with one attached hydrogen (secondary N) is 2. The third-order valence-electron chi connectivity index (χ3n) is 5.25. The minimum absolute atomic E-state index is 0.100. The topological polar surface area (TPSA) is 61.5 Å². The zero-order valence-electron chi connectivity index (χ0n) is 15.0. The number of hydrogen-bond donors (Lipinski definition) is 2. The van der Waals surface area contributed by atoms with Crippen LogP contribution in [0.4, 0.5) is 0 Å². The lowest BCUT2D eigenvalue weighted by Crippen LogP contribution is -3.25. The lowest BCUT2D eigenvalue weighted by Gasteiger charge is -2.34. The van der Waals surface area contributed by atoms with Crippen molar-refractivity contribution < 1.29 is 27.7 Å². The molecule has 3 rings (SSSR count). The predicted octanol–water partition coefficient (Wildman–Crippen LogP) is -2.03. The average Bonchev–Trinajstić information content (AvgIpc) is 2.63. The van der Waals surface area contributed by atoms with Crippen molar-refractivity contribution in [2.24, 2.45) is 0 Å². The van der Waals surface area contributed by atoms with Crippen LogP contribution in [0.3, 0.4) is 0 Å². The maximum atomic E-state index is 13.0. The van der Waals surface area contributed by atoms with Gasteiger partial charge < -0.3 is 19.3 Å². The summed E-state index contributed by atoms with van der Waals surface area (Å²) in [5.74, 6) is 0.204. The van der Waals surface area contributed by atoms with Gasteiger partial charge >= 0.3 is 0 Å². The summed E-state index contributed by atoms with van der Waals surface area (Å²) in [6.45, 7) is 9.52. The van der Waals surface area contributed by atoms with E-state index in [1.54, 1.807) is 12.1 Å². The molecule has 1 aromatic rings. The second-order valence-corrected chi connectivity index (χ2v) is 9.16. The Bertz CT molecular complexity index is 636. The van der Waals surface area contributed by atoms with Crippen molar-refractivity contribution in [3.8, 4) is 0 Å². The Balaban J connectivity index is 1.74. The van der Waals surface area contributed by atoms with E-state index in [-0.39, 0.29) is 11.8 Å². The smallest absolute Gasteiger partial charge is 0.184 e. The number of morpholine rings is 2. The molecule has 0 radical (unpaired) electrons. The monoisotopic (exact) mass is 370 g/mol. The molecule has 0 saturated carbocycles. The largest absolute Gasteiger partial charge is 0.370 e. The summed E-state index contributed by atoms with van der Waals surface area (Å²) in [5, 5.41) is 0. The molecular formula is C18H30N2O4S+2. The molecule has 0 aliphatic carbocycles. The molecule has 0 aromatic heterocycles. The molecular weight excluding hydrogens is 340 g/mol. The SMILES string of the molecule is Cc1ccc(S(=O)(=O)C[C@@H](C[NH+]2CCOCC2)[NH+]2CCOCC2)cc1. The Morgan fingerprint density at radius 1 is 0.960 bits per heavy atom. The summed E-state index contributed by atoms with van der Waals surface area (Å²) in [6.07, 6.45) is 0. The van der Waals surface area contributed by atoms with Gasteiger partial charge in [0.2, 0.25) is 0 Å². The van der Waals surface area contributed by atoms with Crippen LogP contribution in [-0.4, -0.2) is 79.4 Å². The van der Waals surface area contributed by atoms with Gasteiger partial charge in [-0.15, -0.1) is 0 Å². The van der Waals surface area contributed by atoms with Gasteiger partial charge in [-0.1, -0.05) is 17.7 Å². The Morgan fingerprint density at radius 2 is 1.52 bits per heavy atom. The van der Waals surface area contributed by atoms with Crippen LogP contribution < -0.4 is 9.80 Å². The van der Waals surface area contributed by atoms with E-state index in [0.29, 0.717) is 4.90 Å².